The number of benzene rings is 1. The molecule has 96 valence electrons. The van der Waals surface area contributed by atoms with Crippen molar-refractivity contribution in [2.75, 3.05) is 6.61 Å². The fourth-order valence-electron chi connectivity index (χ4n) is 1.44. The lowest BCUT2D eigenvalue weighted by atomic mass is 10.2. The highest BCUT2D eigenvalue weighted by molar-refractivity contribution is 5.42. The predicted molar refractivity (Wildman–Crippen MR) is 62.2 cm³/mol. The zero-order chi connectivity index (χ0) is 12.8. The molecule has 0 amide bonds. The van der Waals surface area contributed by atoms with Gasteiger partial charge in [-0.15, -0.1) is 0 Å². The van der Waals surface area contributed by atoms with Crippen LogP contribution in [0, 0.1) is 0 Å². The highest BCUT2D eigenvalue weighted by Crippen LogP contribution is 2.29. The van der Waals surface area contributed by atoms with Gasteiger partial charge in [0.05, 0.1) is 13.2 Å². The van der Waals surface area contributed by atoms with Crippen molar-refractivity contribution < 1.29 is 19.1 Å². The summed E-state index contributed by atoms with van der Waals surface area (Å²) in [5.74, 6) is 1.63. The van der Waals surface area contributed by atoms with Crippen molar-refractivity contribution in [2.45, 2.75) is 20.1 Å². The van der Waals surface area contributed by atoms with E-state index in [2.05, 4.69) is 14.7 Å². The van der Waals surface area contributed by atoms with Gasteiger partial charge in [-0.1, -0.05) is 11.2 Å². The molecule has 1 heterocycles. The smallest absolute Gasteiger partial charge is 0.213 e. The van der Waals surface area contributed by atoms with Crippen molar-refractivity contribution in [3.05, 3.63) is 36.0 Å². The molecule has 1 aromatic carbocycles. The van der Waals surface area contributed by atoms with Crippen LogP contribution in [0.5, 0.6) is 11.5 Å². The second-order valence-corrected chi connectivity index (χ2v) is 3.51. The van der Waals surface area contributed by atoms with Crippen LogP contribution in [-0.4, -0.2) is 21.9 Å². The van der Waals surface area contributed by atoms with Crippen LogP contribution >= 0.6 is 0 Å². The van der Waals surface area contributed by atoms with Gasteiger partial charge in [0.2, 0.25) is 12.2 Å². The fraction of sp³-hybridized carbons (Fsp3) is 0.333. The Morgan fingerprint density at radius 1 is 1.28 bits per heavy atom. The summed E-state index contributed by atoms with van der Waals surface area (Å²) in [6.45, 7) is 2.57. The molecule has 18 heavy (non-hydrogen) atoms. The number of aromatic nitrogens is 2. The summed E-state index contributed by atoms with van der Waals surface area (Å²) in [6.07, 6.45) is 1.25. The van der Waals surface area contributed by atoms with Crippen LogP contribution in [0.25, 0.3) is 0 Å². The number of rotatable bonds is 6. The Hall–Kier alpha value is -2.08. The summed E-state index contributed by atoms with van der Waals surface area (Å²) in [6, 6.07) is 5.26. The average Bonchev–Trinajstić information content (AvgIpc) is 2.90. The van der Waals surface area contributed by atoms with Gasteiger partial charge in [0, 0.05) is 0 Å². The minimum atomic E-state index is -0.0365. The Labute approximate surface area is 104 Å². The average molecular weight is 250 g/mol. The Kier molecular flexibility index (Phi) is 4.14. The third kappa shape index (κ3) is 2.98. The first-order valence-corrected chi connectivity index (χ1v) is 5.58. The van der Waals surface area contributed by atoms with Crippen molar-refractivity contribution in [2.24, 2.45) is 0 Å². The molecule has 1 N–H and O–H groups in total. The van der Waals surface area contributed by atoms with Gasteiger partial charge in [-0.25, -0.2) is 0 Å². The normalized spacial score (nSPS) is 10.3. The second kappa shape index (κ2) is 6.02. The van der Waals surface area contributed by atoms with E-state index in [0.717, 1.165) is 5.56 Å². The number of hydrogen-bond donors (Lipinski definition) is 1. The maximum Gasteiger partial charge on any atom is 0.213 e. The third-order valence-corrected chi connectivity index (χ3v) is 2.25. The lowest BCUT2D eigenvalue weighted by Gasteiger charge is -2.11. The minimum Gasteiger partial charge on any atom is -0.490 e. The van der Waals surface area contributed by atoms with E-state index in [1.54, 1.807) is 18.2 Å². The molecule has 6 heteroatoms. The summed E-state index contributed by atoms with van der Waals surface area (Å²) in [5, 5.41) is 12.7. The molecule has 0 saturated heterocycles. The maximum absolute atomic E-state index is 9.07. The van der Waals surface area contributed by atoms with Gasteiger partial charge < -0.3 is 19.1 Å². The third-order valence-electron chi connectivity index (χ3n) is 2.25. The largest absolute Gasteiger partial charge is 0.490 e. The first-order chi connectivity index (χ1) is 8.83. The van der Waals surface area contributed by atoms with E-state index >= 15 is 0 Å². The molecule has 0 fully saturated rings. The van der Waals surface area contributed by atoms with Gasteiger partial charge >= 0.3 is 0 Å². The Morgan fingerprint density at radius 2 is 2.17 bits per heavy atom. The molecule has 0 aliphatic heterocycles. The van der Waals surface area contributed by atoms with E-state index in [-0.39, 0.29) is 13.2 Å². The van der Waals surface area contributed by atoms with Crippen molar-refractivity contribution in [1.29, 1.82) is 0 Å². The molecule has 0 aliphatic rings. The van der Waals surface area contributed by atoms with E-state index in [9.17, 15) is 0 Å². The van der Waals surface area contributed by atoms with Crippen LogP contribution in [0.4, 0.5) is 0 Å². The monoisotopic (exact) mass is 250 g/mol. The predicted octanol–water partition coefficient (Wildman–Crippen LogP) is 1.54. The number of aliphatic hydroxyl groups excluding tert-OH is 1. The van der Waals surface area contributed by atoms with E-state index in [1.165, 1.54) is 6.39 Å². The van der Waals surface area contributed by atoms with Crippen LogP contribution in [-0.2, 0) is 13.2 Å². The van der Waals surface area contributed by atoms with Gasteiger partial charge in [0.25, 0.3) is 0 Å². The SMILES string of the molecule is CCOc1cc(CO)ccc1OCc1ncon1. The van der Waals surface area contributed by atoms with Gasteiger partial charge in [-0.05, 0) is 24.6 Å². The first kappa shape index (κ1) is 12.4. The van der Waals surface area contributed by atoms with Gasteiger partial charge in [0.1, 0.15) is 0 Å². The van der Waals surface area contributed by atoms with Crippen LogP contribution in [0.1, 0.15) is 18.3 Å². The van der Waals surface area contributed by atoms with Gasteiger partial charge in [-0.2, -0.15) is 4.98 Å². The summed E-state index contributed by atoms with van der Waals surface area (Å²) >= 11 is 0. The number of aliphatic hydroxyl groups is 1. The molecule has 2 aromatic rings. The molecule has 0 bridgehead atoms. The molecule has 0 radical (unpaired) electrons. The minimum absolute atomic E-state index is 0.0365. The highest BCUT2D eigenvalue weighted by atomic mass is 16.5. The summed E-state index contributed by atoms with van der Waals surface area (Å²) < 4.78 is 15.6. The van der Waals surface area contributed by atoms with Crippen LogP contribution in [0.15, 0.2) is 29.1 Å². The Morgan fingerprint density at radius 3 is 2.83 bits per heavy atom. The zero-order valence-electron chi connectivity index (χ0n) is 10.00. The number of ether oxygens (including phenoxy) is 2. The van der Waals surface area contributed by atoms with E-state index in [4.69, 9.17) is 14.6 Å². The zero-order valence-corrected chi connectivity index (χ0v) is 10.00. The van der Waals surface area contributed by atoms with E-state index in [1.807, 2.05) is 6.92 Å². The lowest BCUT2D eigenvalue weighted by molar-refractivity contribution is 0.255. The molecule has 0 saturated carbocycles. The topological polar surface area (TPSA) is 77.6 Å². The molecular weight excluding hydrogens is 236 g/mol. The summed E-state index contributed by atoms with van der Waals surface area (Å²) in [5.41, 5.74) is 0.769. The Bertz CT molecular complexity index is 485. The van der Waals surface area contributed by atoms with Gasteiger partial charge in [-0.3, -0.25) is 0 Å². The summed E-state index contributed by atoms with van der Waals surface area (Å²) in [4.78, 5) is 3.86. The molecule has 0 atom stereocenters. The van der Waals surface area contributed by atoms with Crippen LogP contribution < -0.4 is 9.47 Å². The van der Waals surface area contributed by atoms with Crippen molar-refractivity contribution in [3.8, 4) is 11.5 Å². The molecule has 2 rings (SSSR count). The molecule has 0 aliphatic carbocycles. The molecular formula is C12H14N2O4. The number of nitrogens with zero attached hydrogens (tertiary/aromatic N) is 2. The first-order valence-electron chi connectivity index (χ1n) is 5.58. The lowest BCUT2D eigenvalue weighted by Crippen LogP contribution is -2.01. The highest BCUT2D eigenvalue weighted by Gasteiger charge is 2.08. The molecule has 6 nitrogen and oxygen atoms in total. The fourth-order valence-corrected chi connectivity index (χ4v) is 1.44. The van der Waals surface area contributed by atoms with Crippen molar-refractivity contribution in [3.63, 3.8) is 0 Å². The Balaban J connectivity index is 2.10. The molecule has 0 spiro atoms. The molecule has 0 unspecified atom stereocenters. The van der Waals surface area contributed by atoms with E-state index < -0.39 is 0 Å². The quantitative estimate of drug-likeness (QED) is 0.837. The maximum atomic E-state index is 9.07. The van der Waals surface area contributed by atoms with Crippen molar-refractivity contribution in [1.82, 2.24) is 10.1 Å². The standard InChI is InChI=1S/C12H14N2O4/c1-2-16-11-5-9(6-15)3-4-10(11)17-7-12-13-8-18-14-12/h3-5,8,15H,2,6-7H2,1H3. The summed E-state index contributed by atoms with van der Waals surface area (Å²) in [7, 11) is 0. The van der Waals surface area contributed by atoms with Gasteiger partial charge in [0.15, 0.2) is 18.1 Å². The molecule has 1 aromatic heterocycles. The second-order valence-electron chi connectivity index (χ2n) is 3.51. The van der Waals surface area contributed by atoms with Crippen LogP contribution in [0.2, 0.25) is 0 Å². The van der Waals surface area contributed by atoms with Crippen LogP contribution in [0.3, 0.4) is 0 Å². The number of hydrogen-bond acceptors (Lipinski definition) is 6. The van der Waals surface area contributed by atoms with Crippen molar-refractivity contribution >= 4 is 0 Å². The van der Waals surface area contributed by atoms with E-state index in [0.29, 0.717) is 23.9 Å².